The maximum atomic E-state index is 11.6. The quantitative estimate of drug-likeness (QED) is 0.627. The van der Waals surface area contributed by atoms with Gasteiger partial charge < -0.3 is 9.47 Å². The summed E-state index contributed by atoms with van der Waals surface area (Å²) in [7, 11) is 1.33. The number of ether oxygens (including phenoxy) is 2. The molecule has 5 heteroatoms. The predicted molar refractivity (Wildman–Crippen MR) is 75.9 cm³/mol. The third kappa shape index (κ3) is 3.71. The Labute approximate surface area is 122 Å². The number of rotatable bonds is 5. The third-order valence-electron chi connectivity index (χ3n) is 2.64. The van der Waals surface area contributed by atoms with Crippen LogP contribution in [-0.4, -0.2) is 18.1 Å². The maximum Gasteiger partial charge on any atom is 0.338 e. The highest BCUT2D eigenvalue weighted by Gasteiger charge is 2.10. The summed E-state index contributed by atoms with van der Waals surface area (Å²) in [6, 6.07) is 12.8. The molecule has 1 aromatic carbocycles. The zero-order valence-corrected chi connectivity index (χ0v) is 11.8. The fourth-order valence-electron chi connectivity index (χ4n) is 1.67. The SMILES string of the molecule is COC(=O)c1cc(CCl)nc(OCc2ccccc2)c1. The van der Waals surface area contributed by atoms with Crippen LogP contribution in [-0.2, 0) is 17.2 Å². The number of carbonyl (C=O) groups is 1. The minimum atomic E-state index is -0.441. The molecule has 0 aliphatic carbocycles. The summed E-state index contributed by atoms with van der Waals surface area (Å²) in [5.41, 5.74) is 1.96. The first-order valence-corrected chi connectivity index (χ1v) is 6.58. The van der Waals surface area contributed by atoms with Gasteiger partial charge in [0.25, 0.3) is 0 Å². The molecule has 0 fully saturated rings. The molecule has 0 unspecified atom stereocenters. The van der Waals surface area contributed by atoms with Crippen molar-refractivity contribution in [2.24, 2.45) is 0 Å². The molecular weight excluding hydrogens is 278 g/mol. The first-order valence-electron chi connectivity index (χ1n) is 6.05. The summed E-state index contributed by atoms with van der Waals surface area (Å²) in [5, 5.41) is 0. The molecular formula is C15H14ClNO3. The van der Waals surface area contributed by atoms with E-state index in [1.54, 1.807) is 12.1 Å². The van der Waals surface area contributed by atoms with E-state index in [9.17, 15) is 4.79 Å². The van der Waals surface area contributed by atoms with E-state index in [2.05, 4.69) is 9.72 Å². The standard InChI is InChI=1S/C15H14ClNO3/c1-19-15(18)12-7-13(9-16)17-14(8-12)20-10-11-5-3-2-4-6-11/h2-8H,9-10H2,1H3. The number of aromatic nitrogens is 1. The van der Waals surface area contributed by atoms with Gasteiger partial charge in [0.1, 0.15) is 6.61 Å². The predicted octanol–water partition coefficient (Wildman–Crippen LogP) is 3.19. The Morgan fingerprint density at radius 2 is 2.00 bits per heavy atom. The van der Waals surface area contributed by atoms with Crippen molar-refractivity contribution in [1.29, 1.82) is 0 Å². The second-order valence-electron chi connectivity index (χ2n) is 4.08. The molecule has 0 saturated carbocycles. The van der Waals surface area contributed by atoms with E-state index in [-0.39, 0.29) is 5.88 Å². The van der Waals surface area contributed by atoms with Gasteiger partial charge in [-0.25, -0.2) is 9.78 Å². The van der Waals surface area contributed by atoms with Gasteiger partial charge in [0, 0.05) is 6.07 Å². The van der Waals surface area contributed by atoms with Crippen molar-refractivity contribution in [3.8, 4) is 5.88 Å². The fraction of sp³-hybridized carbons (Fsp3) is 0.200. The molecule has 0 radical (unpaired) electrons. The molecule has 1 heterocycles. The molecule has 0 atom stereocenters. The average molecular weight is 292 g/mol. The van der Waals surface area contributed by atoms with Gasteiger partial charge in [0.05, 0.1) is 24.2 Å². The van der Waals surface area contributed by atoms with Crippen LogP contribution < -0.4 is 4.74 Å². The van der Waals surface area contributed by atoms with E-state index in [1.165, 1.54) is 7.11 Å². The van der Waals surface area contributed by atoms with Gasteiger partial charge in [-0.1, -0.05) is 30.3 Å². The van der Waals surface area contributed by atoms with Gasteiger partial charge in [-0.2, -0.15) is 0 Å². The van der Waals surface area contributed by atoms with E-state index >= 15 is 0 Å². The van der Waals surface area contributed by atoms with Crippen LogP contribution in [0.15, 0.2) is 42.5 Å². The highest BCUT2D eigenvalue weighted by atomic mass is 35.5. The normalized spacial score (nSPS) is 10.1. The Bertz CT molecular complexity index is 587. The highest BCUT2D eigenvalue weighted by molar-refractivity contribution is 6.17. The van der Waals surface area contributed by atoms with Crippen LogP contribution in [0.3, 0.4) is 0 Å². The molecule has 0 aliphatic heterocycles. The number of pyridine rings is 1. The summed E-state index contributed by atoms with van der Waals surface area (Å²) in [6.07, 6.45) is 0. The molecule has 2 rings (SSSR count). The summed E-state index contributed by atoms with van der Waals surface area (Å²) in [5.74, 6) is 0.114. The van der Waals surface area contributed by atoms with Crippen LogP contribution >= 0.6 is 11.6 Å². The molecule has 20 heavy (non-hydrogen) atoms. The summed E-state index contributed by atoms with van der Waals surface area (Å²) < 4.78 is 10.3. The smallest absolute Gasteiger partial charge is 0.338 e. The van der Waals surface area contributed by atoms with Crippen molar-refractivity contribution in [1.82, 2.24) is 4.98 Å². The summed E-state index contributed by atoms with van der Waals surface area (Å²) >= 11 is 5.77. The Morgan fingerprint density at radius 3 is 2.65 bits per heavy atom. The molecule has 0 saturated heterocycles. The zero-order chi connectivity index (χ0) is 14.4. The molecule has 0 bridgehead atoms. The van der Waals surface area contributed by atoms with Crippen LogP contribution in [0, 0.1) is 0 Å². The topological polar surface area (TPSA) is 48.4 Å². The van der Waals surface area contributed by atoms with Crippen LogP contribution in [0.5, 0.6) is 5.88 Å². The monoisotopic (exact) mass is 291 g/mol. The lowest BCUT2D eigenvalue weighted by atomic mass is 10.2. The van der Waals surface area contributed by atoms with Crippen molar-refractivity contribution >= 4 is 17.6 Å². The number of hydrogen-bond donors (Lipinski definition) is 0. The minimum absolute atomic E-state index is 0.201. The lowest BCUT2D eigenvalue weighted by Gasteiger charge is -2.08. The highest BCUT2D eigenvalue weighted by Crippen LogP contribution is 2.16. The van der Waals surface area contributed by atoms with Crippen molar-refractivity contribution in [2.75, 3.05) is 7.11 Å². The zero-order valence-electron chi connectivity index (χ0n) is 11.0. The van der Waals surface area contributed by atoms with Crippen molar-refractivity contribution in [2.45, 2.75) is 12.5 Å². The minimum Gasteiger partial charge on any atom is -0.473 e. The molecule has 0 amide bonds. The number of halogens is 1. The molecule has 0 aliphatic rings. The molecule has 0 spiro atoms. The molecule has 2 aromatic rings. The van der Waals surface area contributed by atoms with Crippen molar-refractivity contribution in [3.05, 3.63) is 59.3 Å². The van der Waals surface area contributed by atoms with Gasteiger partial charge in [-0.3, -0.25) is 0 Å². The van der Waals surface area contributed by atoms with E-state index in [0.717, 1.165) is 5.56 Å². The van der Waals surface area contributed by atoms with Gasteiger partial charge in [0.15, 0.2) is 0 Å². The lowest BCUT2D eigenvalue weighted by Crippen LogP contribution is -2.05. The van der Waals surface area contributed by atoms with Crippen molar-refractivity contribution < 1.29 is 14.3 Å². The number of benzene rings is 1. The average Bonchev–Trinajstić information content (AvgIpc) is 2.52. The summed E-state index contributed by atoms with van der Waals surface area (Å²) in [6.45, 7) is 0.375. The van der Waals surface area contributed by atoms with Gasteiger partial charge >= 0.3 is 5.97 Å². The maximum absolute atomic E-state index is 11.6. The summed E-state index contributed by atoms with van der Waals surface area (Å²) in [4.78, 5) is 15.8. The number of methoxy groups -OCH3 is 1. The largest absolute Gasteiger partial charge is 0.473 e. The van der Waals surface area contributed by atoms with Crippen LogP contribution in [0.1, 0.15) is 21.6 Å². The number of nitrogens with zero attached hydrogens (tertiary/aromatic N) is 1. The van der Waals surface area contributed by atoms with Crippen LogP contribution in [0.25, 0.3) is 0 Å². The van der Waals surface area contributed by atoms with E-state index < -0.39 is 5.97 Å². The molecule has 104 valence electrons. The Kier molecular flexibility index (Phi) is 4.96. The first-order chi connectivity index (χ1) is 9.72. The Balaban J connectivity index is 2.16. The third-order valence-corrected chi connectivity index (χ3v) is 2.92. The van der Waals surface area contributed by atoms with E-state index in [4.69, 9.17) is 16.3 Å². The fourth-order valence-corrected chi connectivity index (χ4v) is 1.81. The molecule has 4 nitrogen and oxygen atoms in total. The molecule has 1 aromatic heterocycles. The van der Waals surface area contributed by atoms with Gasteiger partial charge in [0.2, 0.25) is 5.88 Å². The number of hydrogen-bond acceptors (Lipinski definition) is 4. The number of alkyl halides is 1. The second kappa shape index (κ2) is 6.91. The van der Waals surface area contributed by atoms with Crippen LogP contribution in [0.4, 0.5) is 0 Å². The lowest BCUT2D eigenvalue weighted by molar-refractivity contribution is 0.0600. The van der Waals surface area contributed by atoms with Crippen LogP contribution in [0.2, 0.25) is 0 Å². The number of esters is 1. The Morgan fingerprint density at radius 1 is 1.25 bits per heavy atom. The van der Waals surface area contributed by atoms with Crippen molar-refractivity contribution in [3.63, 3.8) is 0 Å². The number of carbonyl (C=O) groups excluding carboxylic acids is 1. The van der Waals surface area contributed by atoms with E-state index in [1.807, 2.05) is 30.3 Å². The second-order valence-corrected chi connectivity index (χ2v) is 4.35. The van der Waals surface area contributed by atoms with Gasteiger partial charge in [-0.15, -0.1) is 11.6 Å². The Hall–Kier alpha value is -2.07. The molecule has 0 N–H and O–H groups in total. The van der Waals surface area contributed by atoms with E-state index in [0.29, 0.717) is 23.7 Å². The van der Waals surface area contributed by atoms with Gasteiger partial charge in [-0.05, 0) is 11.6 Å². The first kappa shape index (κ1) is 14.3.